The quantitative estimate of drug-likeness (QED) is 0.672. The molecule has 146 valence electrons. The van der Waals surface area contributed by atoms with Gasteiger partial charge >= 0.3 is 5.69 Å². The molecule has 1 aliphatic rings. The van der Waals surface area contributed by atoms with E-state index in [4.69, 9.17) is 20.9 Å². The Morgan fingerprint density at radius 3 is 2.63 bits per heavy atom. The topological polar surface area (TPSA) is 125 Å². The summed E-state index contributed by atoms with van der Waals surface area (Å²) in [6, 6.07) is 9.11. The molecule has 0 amide bonds. The second-order valence-electron chi connectivity index (χ2n) is 6.90. The van der Waals surface area contributed by atoms with E-state index in [1.54, 1.807) is 6.92 Å². The molecular weight excluding hydrogens is 348 g/mol. The van der Waals surface area contributed by atoms with Crippen molar-refractivity contribution in [3.63, 3.8) is 0 Å². The van der Waals surface area contributed by atoms with Gasteiger partial charge in [0.1, 0.15) is 11.7 Å². The maximum atomic E-state index is 12.3. The van der Waals surface area contributed by atoms with Crippen LogP contribution in [-0.4, -0.2) is 33.8 Å². The summed E-state index contributed by atoms with van der Waals surface area (Å²) in [5, 5.41) is 0. The SMILES string of the molecule is CC[C@@]1(CN)O[C@@H](n2cc(C)c(=O)[nH]c2=O)[C@@H](N)C1OCc1ccccc1. The van der Waals surface area contributed by atoms with Crippen molar-refractivity contribution in [2.45, 2.75) is 50.8 Å². The van der Waals surface area contributed by atoms with Crippen molar-refractivity contribution in [2.75, 3.05) is 6.54 Å². The molecule has 5 N–H and O–H groups in total. The minimum atomic E-state index is -0.817. The van der Waals surface area contributed by atoms with Gasteiger partial charge in [0.15, 0.2) is 6.23 Å². The van der Waals surface area contributed by atoms with Gasteiger partial charge in [-0.25, -0.2) is 4.79 Å². The maximum absolute atomic E-state index is 12.3. The fourth-order valence-electron chi connectivity index (χ4n) is 3.52. The highest BCUT2D eigenvalue weighted by Gasteiger charge is 2.53. The fourth-order valence-corrected chi connectivity index (χ4v) is 3.52. The highest BCUT2D eigenvalue weighted by molar-refractivity contribution is 5.14. The van der Waals surface area contributed by atoms with Gasteiger partial charge in [-0.3, -0.25) is 14.3 Å². The highest BCUT2D eigenvalue weighted by Crippen LogP contribution is 2.39. The van der Waals surface area contributed by atoms with E-state index in [0.717, 1.165) is 5.56 Å². The lowest BCUT2D eigenvalue weighted by Gasteiger charge is -2.32. The van der Waals surface area contributed by atoms with Crippen molar-refractivity contribution in [3.05, 3.63) is 68.5 Å². The number of benzene rings is 1. The van der Waals surface area contributed by atoms with Crippen LogP contribution in [0.25, 0.3) is 0 Å². The Balaban J connectivity index is 1.92. The Hall–Kier alpha value is -2.26. The number of aromatic amines is 1. The van der Waals surface area contributed by atoms with Crippen molar-refractivity contribution in [3.8, 4) is 0 Å². The van der Waals surface area contributed by atoms with Gasteiger partial charge in [0.05, 0.1) is 12.6 Å². The summed E-state index contributed by atoms with van der Waals surface area (Å²) in [5.74, 6) is 0. The number of ether oxygens (including phenoxy) is 2. The first-order chi connectivity index (χ1) is 12.9. The number of hydrogen-bond acceptors (Lipinski definition) is 6. The fraction of sp³-hybridized carbons (Fsp3) is 0.474. The summed E-state index contributed by atoms with van der Waals surface area (Å²) < 4.78 is 13.6. The molecule has 8 heteroatoms. The first-order valence-electron chi connectivity index (χ1n) is 9.03. The van der Waals surface area contributed by atoms with Gasteiger partial charge in [-0.05, 0) is 18.9 Å². The number of rotatable bonds is 6. The lowest BCUT2D eigenvalue weighted by atomic mass is 9.91. The molecule has 2 heterocycles. The van der Waals surface area contributed by atoms with E-state index < -0.39 is 35.2 Å². The third-order valence-corrected chi connectivity index (χ3v) is 5.19. The zero-order chi connectivity index (χ0) is 19.6. The number of aryl methyl sites for hydroxylation is 1. The van der Waals surface area contributed by atoms with Crippen molar-refractivity contribution in [1.29, 1.82) is 0 Å². The van der Waals surface area contributed by atoms with Crippen LogP contribution in [0, 0.1) is 6.92 Å². The van der Waals surface area contributed by atoms with Crippen LogP contribution in [0.15, 0.2) is 46.1 Å². The van der Waals surface area contributed by atoms with E-state index in [1.165, 1.54) is 10.8 Å². The molecule has 0 aliphatic carbocycles. The second-order valence-corrected chi connectivity index (χ2v) is 6.90. The third-order valence-electron chi connectivity index (χ3n) is 5.19. The van der Waals surface area contributed by atoms with Crippen molar-refractivity contribution < 1.29 is 9.47 Å². The summed E-state index contributed by atoms with van der Waals surface area (Å²) >= 11 is 0. The Bertz CT molecular complexity index is 889. The van der Waals surface area contributed by atoms with Crippen LogP contribution < -0.4 is 22.7 Å². The van der Waals surface area contributed by atoms with Crippen LogP contribution in [-0.2, 0) is 16.1 Å². The Kier molecular flexibility index (Phi) is 5.61. The predicted molar refractivity (Wildman–Crippen MR) is 101 cm³/mol. The molecule has 0 spiro atoms. The minimum Gasteiger partial charge on any atom is -0.369 e. The lowest BCUT2D eigenvalue weighted by Crippen LogP contribution is -2.52. The molecular formula is C19H26N4O4. The molecule has 4 atom stereocenters. The summed E-state index contributed by atoms with van der Waals surface area (Å²) in [6.45, 7) is 4.12. The number of hydrogen-bond donors (Lipinski definition) is 3. The lowest BCUT2D eigenvalue weighted by molar-refractivity contribution is -0.117. The Morgan fingerprint density at radius 1 is 1.30 bits per heavy atom. The Morgan fingerprint density at radius 2 is 2.00 bits per heavy atom. The molecule has 27 heavy (non-hydrogen) atoms. The zero-order valence-electron chi connectivity index (χ0n) is 15.6. The van der Waals surface area contributed by atoms with Gasteiger partial charge in [-0.1, -0.05) is 37.3 Å². The third kappa shape index (κ3) is 3.61. The monoisotopic (exact) mass is 374 g/mol. The summed E-state index contributed by atoms with van der Waals surface area (Å²) in [6.07, 6.45) is 0.751. The van der Waals surface area contributed by atoms with Gasteiger partial charge in [-0.2, -0.15) is 0 Å². The van der Waals surface area contributed by atoms with Gasteiger partial charge in [0.25, 0.3) is 5.56 Å². The molecule has 3 rings (SSSR count). The van der Waals surface area contributed by atoms with Crippen LogP contribution in [0.3, 0.4) is 0 Å². The summed E-state index contributed by atoms with van der Waals surface area (Å²) in [7, 11) is 0. The average Bonchev–Trinajstić information content (AvgIpc) is 2.96. The molecule has 0 saturated carbocycles. The molecule has 0 radical (unpaired) electrons. The Labute approximate surface area is 157 Å². The largest absolute Gasteiger partial charge is 0.369 e. The van der Waals surface area contributed by atoms with Crippen LogP contribution in [0.2, 0.25) is 0 Å². The minimum absolute atomic E-state index is 0.199. The van der Waals surface area contributed by atoms with Crippen molar-refractivity contribution >= 4 is 0 Å². The normalized spacial score (nSPS) is 27.8. The van der Waals surface area contributed by atoms with Crippen molar-refractivity contribution in [2.24, 2.45) is 11.5 Å². The molecule has 2 aromatic rings. The van der Waals surface area contributed by atoms with E-state index in [-0.39, 0.29) is 6.54 Å². The molecule has 8 nitrogen and oxygen atoms in total. The molecule has 1 unspecified atom stereocenters. The van der Waals surface area contributed by atoms with E-state index >= 15 is 0 Å². The van der Waals surface area contributed by atoms with E-state index in [1.807, 2.05) is 37.3 Å². The van der Waals surface area contributed by atoms with Crippen LogP contribution in [0.4, 0.5) is 0 Å². The molecule has 1 aliphatic heterocycles. The molecule has 0 bridgehead atoms. The van der Waals surface area contributed by atoms with Crippen LogP contribution >= 0.6 is 0 Å². The first kappa shape index (κ1) is 19.5. The first-order valence-corrected chi connectivity index (χ1v) is 9.03. The van der Waals surface area contributed by atoms with Crippen LogP contribution in [0.5, 0.6) is 0 Å². The summed E-state index contributed by atoms with van der Waals surface area (Å²) in [4.78, 5) is 26.2. The standard InChI is InChI=1S/C19H26N4O4/c1-3-19(11-20)15(26-10-13-7-5-4-6-8-13)14(21)17(27-19)23-9-12(2)16(24)22-18(23)25/h4-9,14-15,17H,3,10-11,20-21H2,1-2H3,(H,22,24,25)/t14-,15?,17+,19-/m0/s1. The molecule has 1 saturated heterocycles. The van der Waals surface area contributed by atoms with Crippen LogP contribution in [0.1, 0.15) is 30.7 Å². The number of nitrogens with two attached hydrogens (primary N) is 2. The summed E-state index contributed by atoms with van der Waals surface area (Å²) in [5.41, 5.74) is 12.1. The number of nitrogens with one attached hydrogen (secondary N) is 1. The number of aromatic nitrogens is 2. The van der Waals surface area contributed by atoms with E-state index in [0.29, 0.717) is 18.6 Å². The molecule has 1 aromatic heterocycles. The van der Waals surface area contributed by atoms with Gasteiger partial charge in [-0.15, -0.1) is 0 Å². The maximum Gasteiger partial charge on any atom is 0.330 e. The number of nitrogens with zero attached hydrogens (tertiary/aromatic N) is 1. The number of H-pyrrole nitrogens is 1. The van der Waals surface area contributed by atoms with Crippen molar-refractivity contribution in [1.82, 2.24) is 9.55 Å². The average molecular weight is 374 g/mol. The highest BCUT2D eigenvalue weighted by atomic mass is 16.6. The van der Waals surface area contributed by atoms with Gasteiger partial charge in [0.2, 0.25) is 0 Å². The predicted octanol–water partition coefficient (Wildman–Crippen LogP) is 0.394. The van der Waals surface area contributed by atoms with Gasteiger partial charge < -0.3 is 20.9 Å². The second kappa shape index (κ2) is 7.77. The smallest absolute Gasteiger partial charge is 0.330 e. The molecule has 1 fully saturated rings. The van der Waals surface area contributed by atoms with E-state index in [2.05, 4.69) is 4.98 Å². The molecule has 1 aromatic carbocycles. The van der Waals surface area contributed by atoms with E-state index in [9.17, 15) is 9.59 Å². The van der Waals surface area contributed by atoms with Gasteiger partial charge in [0, 0.05) is 18.3 Å². The zero-order valence-corrected chi connectivity index (χ0v) is 15.6.